The van der Waals surface area contributed by atoms with Crippen LogP contribution in [0.5, 0.6) is 5.75 Å². The quantitative estimate of drug-likeness (QED) is 0.744. The number of carboxylic acid groups (broad SMARTS) is 1. The number of aliphatic carboxylic acids is 1. The molecule has 0 spiro atoms. The van der Waals surface area contributed by atoms with Crippen molar-refractivity contribution in [3.8, 4) is 5.75 Å². The van der Waals surface area contributed by atoms with Crippen molar-refractivity contribution in [2.24, 2.45) is 0 Å². The zero-order valence-corrected chi connectivity index (χ0v) is 14.0. The van der Waals surface area contributed by atoms with Crippen LogP contribution in [0.15, 0.2) is 51.6 Å². The molecule has 0 amide bonds. The lowest BCUT2D eigenvalue weighted by atomic mass is 10.2. The molecule has 0 saturated heterocycles. The number of aromatic nitrogens is 1. The van der Waals surface area contributed by atoms with E-state index in [1.165, 1.54) is 6.08 Å². The fraction of sp³-hybridized carbons (Fsp3) is 0.0667. The summed E-state index contributed by atoms with van der Waals surface area (Å²) in [6.45, 7) is 0.344. The molecule has 0 atom stereocenters. The molecule has 0 aliphatic heterocycles. The van der Waals surface area contributed by atoms with Crippen LogP contribution in [0, 0.1) is 0 Å². The van der Waals surface area contributed by atoms with Crippen LogP contribution in [0.2, 0.25) is 0 Å². The monoisotopic (exact) mass is 411 g/mol. The third-order valence-corrected chi connectivity index (χ3v) is 3.74. The number of hydrogen-bond acceptors (Lipinski definition) is 3. The van der Waals surface area contributed by atoms with Crippen LogP contribution >= 0.6 is 31.9 Å². The molecule has 2 aromatic rings. The van der Waals surface area contributed by atoms with Crippen LogP contribution in [-0.4, -0.2) is 16.1 Å². The fourth-order valence-corrected chi connectivity index (χ4v) is 2.16. The largest absolute Gasteiger partial charge is 0.487 e. The van der Waals surface area contributed by atoms with Gasteiger partial charge in [0, 0.05) is 21.2 Å². The Balaban J connectivity index is 2.08. The number of carbonyl (C=O) groups is 1. The van der Waals surface area contributed by atoms with Crippen molar-refractivity contribution in [3.63, 3.8) is 0 Å². The van der Waals surface area contributed by atoms with E-state index in [1.54, 1.807) is 18.3 Å². The van der Waals surface area contributed by atoms with E-state index in [9.17, 15) is 4.79 Å². The lowest BCUT2D eigenvalue weighted by Gasteiger charge is -2.07. The minimum absolute atomic E-state index is 0.344. The molecule has 0 aliphatic carbocycles. The van der Waals surface area contributed by atoms with Crippen LogP contribution in [-0.2, 0) is 11.4 Å². The number of pyridine rings is 1. The molecule has 0 bridgehead atoms. The summed E-state index contributed by atoms with van der Waals surface area (Å²) in [5.74, 6) is -0.347. The van der Waals surface area contributed by atoms with Gasteiger partial charge in [0.25, 0.3) is 0 Å². The van der Waals surface area contributed by atoms with Crippen molar-refractivity contribution in [1.82, 2.24) is 4.98 Å². The normalized spacial score (nSPS) is 10.8. The molecule has 6 heteroatoms. The molecule has 0 aliphatic rings. The number of benzene rings is 1. The molecule has 21 heavy (non-hydrogen) atoms. The zero-order valence-electron chi connectivity index (χ0n) is 10.8. The molecule has 1 N–H and O–H groups in total. The predicted octanol–water partition coefficient (Wildman–Crippen LogP) is 4.28. The summed E-state index contributed by atoms with van der Waals surface area (Å²) in [6, 6.07) is 9.15. The fourth-order valence-electron chi connectivity index (χ4n) is 1.55. The average molecular weight is 413 g/mol. The molecule has 0 saturated carbocycles. The van der Waals surface area contributed by atoms with Gasteiger partial charge in [-0.25, -0.2) is 4.79 Å². The molecule has 1 aromatic carbocycles. The van der Waals surface area contributed by atoms with Crippen molar-refractivity contribution in [2.75, 3.05) is 0 Å². The van der Waals surface area contributed by atoms with Crippen molar-refractivity contribution in [2.45, 2.75) is 6.61 Å². The Bertz CT molecular complexity index is 669. The van der Waals surface area contributed by atoms with Crippen LogP contribution < -0.4 is 4.74 Å². The summed E-state index contributed by atoms with van der Waals surface area (Å²) >= 11 is 6.69. The first kappa shape index (κ1) is 15.7. The second kappa shape index (κ2) is 7.38. The van der Waals surface area contributed by atoms with Gasteiger partial charge in [-0.15, -0.1) is 0 Å². The third kappa shape index (κ3) is 4.99. The van der Waals surface area contributed by atoms with E-state index in [2.05, 4.69) is 36.8 Å². The maximum Gasteiger partial charge on any atom is 0.328 e. The third-order valence-electron chi connectivity index (χ3n) is 2.55. The Labute approximate surface area is 138 Å². The maximum atomic E-state index is 10.6. The first-order valence-corrected chi connectivity index (χ1v) is 7.57. The molecule has 108 valence electrons. The highest BCUT2D eigenvalue weighted by Gasteiger charge is 2.02. The van der Waals surface area contributed by atoms with Crippen molar-refractivity contribution < 1.29 is 14.6 Å². The second-order valence-electron chi connectivity index (χ2n) is 4.11. The van der Waals surface area contributed by atoms with E-state index < -0.39 is 5.97 Å². The van der Waals surface area contributed by atoms with E-state index in [0.717, 1.165) is 26.3 Å². The Morgan fingerprint density at radius 1 is 1.29 bits per heavy atom. The molecule has 0 unspecified atom stereocenters. The van der Waals surface area contributed by atoms with Gasteiger partial charge in [-0.05, 0) is 57.9 Å². The zero-order chi connectivity index (χ0) is 15.2. The van der Waals surface area contributed by atoms with E-state index in [-0.39, 0.29) is 0 Å². The number of hydrogen-bond donors (Lipinski definition) is 1. The lowest BCUT2D eigenvalue weighted by Crippen LogP contribution is -1.98. The number of rotatable bonds is 5. The molecule has 1 aromatic heterocycles. The summed E-state index contributed by atoms with van der Waals surface area (Å²) in [7, 11) is 0. The highest BCUT2D eigenvalue weighted by molar-refractivity contribution is 9.10. The lowest BCUT2D eigenvalue weighted by molar-refractivity contribution is -0.131. The summed E-state index contributed by atoms with van der Waals surface area (Å²) < 4.78 is 7.37. The Morgan fingerprint density at radius 2 is 2.10 bits per heavy atom. The van der Waals surface area contributed by atoms with Crippen molar-refractivity contribution in [3.05, 3.63) is 62.8 Å². The molecular weight excluding hydrogens is 402 g/mol. The summed E-state index contributed by atoms with van der Waals surface area (Å²) in [6.07, 6.45) is 4.30. The van der Waals surface area contributed by atoms with Crippen molar-refractivity contribution >= 4 is 43.9 Å². The average Bonchev–Trinajstić information content (AvgIpc) is 2.46. The SMILES string of the molecule is O=C(O)/C=C/c1cc(OCc2ccc(Br)cn2)ccc1Br. The van der Waals surface area contributed by atoms with E-state index in [1.807, 2.05) is 18.2 Å². The van der Waals surface area contributed by atoms with Crippen LogP contribution in [0.3, 0.4) is 0 Å². The molecular formula is C15H11Br2NO3. The molecule has 0 radical (unpaired) electrons. The van der Waals surface area contributed by atoms with E-state index in [4.69, 9.17) is 9.84 Å². The van der Waals surface area contributed by atoms with Gasteiger partial charge >= 0.3 is 5.97 Å². The van der Waals surface area contributed by atoms with Gasteiger partial charge in [0.2, 0.25) is 0 Å². The topological polar surface area (TPSA) is 59.4 Å². The molecule has 2 rings (SSSR count). The minimum Gasteiger partial charge on any atom is -0.487 e. The number of nitrogens with zero attached hydrogens (tertiary/aromatic N) is 1. The van der Waals surface area contributed by atoms with Gasteiger partial charge in [0.1, 0.15) is 12.4 Å². The Morgan fingerprint density at radius 3 is 2.76 bits per heavy atom. The second-order valence-corrected chi connectivity index (χ2v) is 5.88. The van der Waals surface area contributed by atoms with Gasteiger partial charge in [-0.3, -0.25) is 4.98 Å². The van der Waals surface area contributed by atoms with E-state index >= 15 is 0 Å². The summed E-state index contributed by atoms with van der Waals surface area (Å²) in [5.41, 5.74) is 1.54. The first-order valence-electron chi connectivity index (χ1n) is 5.98. The van der Waals surface area contributed by atoms with Crippen molar-refractivity contribution in [1.29, 1.82) is 0 Å². The van der Waals surface area contributed by atoms with E-state index in [0.29, 0.717) is 12.4 Å². The highest BCUT2D eigenvalue weighted by Crippen LogP contribution is 2.24. The van der Waals surface area contributed by atoms with Gasteiger partial charge in [-0.1, -0.05) is 15.9 Å². The van der Waals surface area contributed by atoms with Gasteiger partial charge in [0.05, 0.1) is 5.69 Å². The molecule has 4 nitrogen and oxygen atoms in total. The van der Waals surface area contributed by atoms with Crippen LogP contribution in [0.1, 0.15) is 11.3 Å². The molecule has 1 heterocycles. The van der Waals surface area contributed by atoms with Crippen LogP contribution in [0.25, 0.3) is 6.08 Å². The molecule has 0 fully saturated rings. The maximum absolute atomic E-state index is 10.6. The predicted molar refractivity (Wildman–Crippen MR) is 87.1 cm³/mol. The minimum atomic E-state index is -0.993. The number of ether oxygens (including phenoxy) is 1. The summed E-state index contributed by atoms with van der Waals surface area (Å²) in [5, 5.41) is 8.66. The number of carboxylic acids is 1. The standard InChI is InChI=1S/C15H11Br2NO3/c16-11-2-3-12(18-8-11)9-21-13-4-5-14(17)10(7-13)1-6-15(19)20/h1-8H,9H2,(H,19,20)/b6-1+. The Hall–Kier alpha value is -1.66. The number of halogens is 2. The highest BCUT2D eigenvalue weighted by atomic mass is 79.9. The van der Waals surface area contributed by atoms with Gasteiger partial charge < -0.3 is 9.84 Å². The smallest absolute Gasteiger partial charge is 0.328 e. The van der Waals surface area contributed by atoms with Gasteiger partial charge in [0.15, 0.2) is 0 Å². The Kier molecular flexibility index (Phi) is 5.52. The van der Waals surface area contributed by atoms with Gasteiger partial charge in [-0.2, -0.15) is 0 Å². The summed E-state index contributed by atoms with van der Waals surface area (Å²) in [4.78, 5) is 14.8. The first-order chi connectivity index (χ1) is 10.0. The van der Waals surface area contributed by atoms with Crippen LogP contribution in [0.4, 0.5) is 0 Å².